The zero-order chi connectivity index (χ0) is 18.4. The van der Waals surface area contributed by atoms with Gasteiger partial charge in [0.15, 0.2) is 6.10 Å². The van der Waals surface area contributed by atoms with Gasteiger partial charge in [-0.1, -0.05) is 55.5 Å². The summed E-state index contributed by atoms with van der Waals surface area (Å²) in [4.78, 5) is 12.6. The Morgan fingerprint density at radius 2 is 1.81 bits per heavy atom. The lowest BCUT2D eigenvalue weighted by Gasteiger charge is -2.18. The molecular weight excluding hydrogens is 324 g/mol. The lowest BCUT2D eigenvalue weighted by atomic mass is 10.1. The number of carbonyl (C=O) groups excluding carboxylic acids is 1. The van der Waals surface area contributed by atoms with E-state index in [0.29, 0.717) is 24.3 Å². The van der Waals surface area contributed by atoms with Crippen molar-refractivity contribution in [1.82, 2.24) is 0 Å². The van der Waals surface area contributed by atoms with Crippen LogP contribution in [0.15, 0.2) is 66.7 Å². The van der Waals surface area contributed by atoms with Crippen LogP contribution < -0.4 is 10.1 Å². The molecule has 3 aromatic rings. The number of anilines is 1. The van der Waals surface area contributed by atoms with E-state index < -0.39 is 6.10 Å². The first kappa shape index (κ1) is 17.5. The maximum atomic E-state index is 12.6. The number of nitriles is 1. The number of hydrogen-bond donors (Lipinski definition) is 1. The van der Waals surface area contributed by atoms with E-state index in [0.717, 1.165) is 16.3 Å². The minimum absolute atomic E-state index is 0.187. The topological polar surface area (TPSA) is 62.1 Å². The van der Waals surface area contributed by atoms with Gasteiger partial charge in [-0.25, -0.2) is 0 Å². The summed E-state index contributed by atoms with van der Waals surface area (Å²) in [5, 5.41) is 13.7. The molecule has 4 heteroatoms. The highest BCUT2D eigenvalue weighted by Gasteiger charge is 2.19. The van der Waals surface area contributed by atoms with Crippen molar-refractivity contribution in [2.75, 3.05) is 5.32 Å². The van der Waals surface area contributed by atoms with Gasteiger partial charge in [-0.15, -0.1) is 0 Å². The molecule has 0 aliphatic heterocycles. The van der Waals surface area contributed by atoms with Gasteiger partial charge < -0.3 is 10.1 Å². The van der Waals surface area contributed by atoms with Crippen LogP contribution in [-0.2, 0) is 11.2 Å². The third-order valence-corrected chi connectivity index (χ3v) is 4.19. The highest BCUT2D eigenvalue weighted by Crippen LogP contribution is 2.26. The molecule has 0 unspecified atom stereocenters. The molecule has 3 rings (SSSR count). The number of benzene rings is 3. The molecule has 0 saturated carbocycles. The summed E-state index contributed by atoms with van der Waals surface area (Å²) in [5.41, 5.74) is 1.61. The van der Waals surface area contributed by atoms with Crippen molar-refractivity contribution in [2.45, 2.75) is 25.9 Å². The number of carbonyl (C=O) groups is 1. The van der Waals surface area contributed by atoms with Gasteiger partial charge >= 0.3 is 0 Å². The maximum Gasteiger partial charge on any atom is 0.265 e. The molecular formula is C22H20N2O2. The minimum Gasteiger partial charge on any atom is -0.480 e. The monoisotopic (exact) mass is 344 g/mol. The van der Waals surface area contributed by atoms with Gasteiger partial charge in [0, 0.05) is 11.1 Å². The largest absolute Gasteiger partial charge is 0.480 e. The van der Waals surface area contributed by atoms with Crippen molar-refractivity contribution in [3.05, 3.63) is 72.3 Å². The molecule has 0 spiro atoms. The van der Waals surface area contributed by atoms with E-state index in [2.05, 4.69) is 11.4 Å². The number of fused-ring (bicyclic) bond motifs is 1. The fourth-order valence-corrected chi connectivity index (χ4v) is 2.79. The van der Waals surface area contributed by atoms with Crippen molar-refractivity contribution in [3.63, 3.8) is 0 Å². The molecule has 0 saturated heterocycles. The highest BCUT2D eigenvalue weighted by molar-refractivity contribution is 5.95. The standard InChI is InChI=1S/C22H20N2O2/c1-2-20(22(25)24-18-12-10-16(11-13-18)14-15-23)26-21-9-5-7-17-6-3-4-8-19(17)21/h3-13,20H,2,14H2,1H3,(H,24,25)/t20-/m1/s1. The van der Waals surface area contributed by atoms with Crippen molar-refractivity contribution >= 4 is 22.4 Å². The number of ether oxygens (including phenoxy) is 1. The van der Waals surface area contributed by atoms with E-state index in [1.54, 1.807) is 12.1 Å². The Morgan fingerprint density at radius 3 is 2.54 bits per heavy atom. The third-order valence-electron chi connectivity index (χ3n) is 4.19. The molecule has 4 nitrogen and oxygen atoms in total. The molecule has 0 bridgehead atoms. The summed E-state index contributed by atoms with van der Waals surface area (Å²) in [5.74, 6) is 0.517. The van der Waals surface area contributed by atoms with Gasteiger partial charge in [-0.2, -0.15) is 5.26 Å². The number of rotatable bonds is 6. The molecule has 1 amide bonds. The molecule has 26 heavy (non-hydrogen) atoms. The summed E-state index contributed by atoms with van der Waals surface area (Å²) in [6.07, 6.45) is 0.331. The summed E-state index contributed by atoms with van der Waals surface area (Å²) in [7, 11) is 0. The van der Waals surface area contributed by atoms with Crippen LogP contribution in [0.5, 0.6) is 5.75 Å². The van der Waals surface area contributed by atoms with Crippen LogP contribution in [0.3, 0.4) is 0 Å². The molecule has 0 aromatic heterocycles. The second-order valence-corrected chi connectivity index (χ2v) is 6.01. The molecule has 0 heterocycles. The van der Waals surface area contributed by atoms with Gasteiger partial charge in [0.05, 0.1) is 12.5 Å². The highest BCUT2D eigenvalue weighted by atomic mass is 16.5. The lowest BCUT2D eigenvalue weighted by Crippen LogP contribution is -2.32. The van der Waals surface area contributed by atoms with Gasteiger partial charge in [-0.05, 0) is 35.6 Å². The molecule has 1 atom stereocenters. The van der Waals surface area contributed by atoms with E-state index in [-0.39, 0.29) is 5.91 Å². The summed E-state index contributed by atoms with van der Waals surface area (Å²) < 4.78 is 6.02. The molecule has 0 aliphatic rings. The first-order valence-electron chi connectivity index (χ1n) is 8.62. The normalized spacial score (nSPS) is 11.5. The zero-order valence-electron chi connectivity index (χ0n) is 14.6. The Labute approximate surface area is 153 Å². The van der Waals surface area contributed by atoms with Crippen molar-refractivity contribution in [3.8, 4) is 11.8 Å². The van der Waals surface area contributed by atoms with E-state index in [4.69, 9.17) is 10.00 Å². The quantitative estimate of drug-likeness (QED) is 0.705. The molecule has 0 fully saturated rings. The van der Waals surface area contributed by atoms with Crippen molar-refractivity contribution < 1.29 is 9.53 Å². The Morgan fingerprint density at radius 1 is 1.08 bits per heavy atom. The second kappa shape index (κ2) is 8.17. The summed E-state index contributed by atoms with van der Waals surface area (Å²) in [6.45, 7) is 1.92. The number of nitrogens with one attached hydrogen (secondary N) is 1. The average Bonchev–Trinajstić information content (AvgIpc) is 2.68. The Kier molecular flexibility index (Phi) is 5.50. The van der Waals surface area contributed by atoms with Crippen LogP contribution in [-0.4, -0.2) is 12.0 Å². The van der Waals surface area contributed by atoms with E-state index in [9.17, 15) is 4.79 Å². The smallest absolute Gasteiger partial charge is 0.265 e. The predicted molar refractivity (Wildman–Crippen MR) is 103 cm³/mol. The van der Waals surface area contributed by atoms with Crippen molar-refractivity contribution in [2.24, 2.45) is 0 Å². The molecule has 0 aliphatic carbocycles. The van der Waals surface area contributed by atoms with Crippen LogP contribution in [0.4, 0.5) is 5.69 Å². The molecule has 130 valence electrons. The fourth-order valence-electron chi connectivity index (χ4n) is 2.79. The molecule has 0 radical (unpaired) electrons. The van der Waals surface area contributed by atoms with Crippen molar-refractivity contribution in [1.29, 1.82) is 5.26 Å². The van der Waals surface area contributed by atoms with Gasteiger partial charge in [0.25, 0.3) is 5.91 Å². The molecule has 1 N–H and O–H groups in total. The van der Waals surface area contributed by atoms with Crippen LogP contribution in [0.25, 0.3) is 10.8 Å². The lowest BCUT2D eigenvalue weighted by molar-refractivity contribution is -0.122. The number of nitrogens with zero attached hydrogens (tertiary/aromatic N) is 1. The Bertz CT molecular complexity index is 937. The fraction of sp³-hybridized carbons (Fsp3) is 0.182. The first-order chi connectivity index (χ1) is 12.7. The summed E-state index contributed by atoms with van der Waals surface area (Å²) >= 11 is 0. The van der Waals surface area contributed by atoms with Gasteiger partial charge in [0.1, 0.15) is 5.75 Å². The Balaban J connectivity index is 1.73. The Hall–Kier alpha value is -3.32. The van der Waals surface area contributed by atoms with Crippen LogP contribution in [0, 0.1) is 11.3 Å². The first-order valence-corrected chi connectivity index (χ1v) is 8.62. The summed E-state index contributed by atoms with van der Waals surface area (Å²) in [6, 6.07) is 23.2. The van der Waals surface area contributed by atoms with Crippen LogP contribution >= 0.6 is 0 Å². The predicted octanol–water partition coefficient (Wildman–Crippen LogP) is 4.70. The number of hydrogen-bond acceptors (Lipinski definition) is 3. The third kappa shape index (κ3) is 4.01. The van der Waals surface area contributed by atoms with Gasteiger partial charge in [0.2, 0.25) is 0 Å². The van der Waals surface area contributed by atoms with Crippen LogP contribution in [0.2, 0.25) is 0 Å². The van der Waals surface area contributed by atoms with E-state index >= 15 is 0 Å². The van der Waals surface area contributed by atoms with E-state index in [1.807, 2.05) is 61.5 Å². The minimum atomic E-state index is -0.584. The molecule has 3 aromatic carbocycles. The van der Waals surface area contributed by atoms with Crippen LogP contribution in [0.1, 0.15) is 18.9 Å². The van der Waals surface area contributed by atoms with E-state index in [1.165, 1.54) is 0 Å². The second-order valence-electron chi connectivity index (χ2n) is 6.01. The SMILES string of the molecule is CC[C@@H](Oc1cccc2ccccc12)C(=O)Nc1ccc(CC#N)cc1. The van der Waals surface area contributed by atoms with Gasteiger partial charge in [-0.3, -0.25) is 4.79 Å². The average molecular weight is 344 g/mol. The zero-order valence-corrected chi connectivity index (χ0v) is 14.6. The number of amides is 1. The maximum absolute atomic E-state index is 12.6.